The Morgan fingerprint density at radius 3 is 2.80 bits per heavy atom. The Morgan fingerprint density at radius 1 is 1.40 bits per heavy atom. The summed E-state index contributed by atoms with van der Waals surface area (Å²) in [5.74, 6) is -0.178. The minimum Gasteiger partial charge on any atom is -0.450 e. The van der Waals surface area contributed by atoms with Crippen molar-refractivity contribution >= 4 is 12.0 Å². The first-order chi connectivity index (χ1) is 12.1. The van der Waals surface area contributed by atoms with Crippen molar-refractivity contribution in [2.45, 2.75) is 25.8 Å². The molecule has 25 heavy (non-hydrogen) atoms. The van der Waals surface area contributed by atoms with E-state index in [1.165, 1.54) is 0 Å². The smallest absolute Gasteiger partial charge is 0.409 e. The van der Waals surface area contributed by atoms with E-state index in [1.807, 2.05) is 29.9 Å². The zero-order valence-corrected chi connectivity index (χ0v) is 14.5. The number of ether oxygens (including phenoxy) is 1. The van der Waals surface area contributed by atoms with Crippen LogP contribution in [0.15, 0.2) is 24.4 Å². The molecule has 2 aromatic rings. The number of nitrogens with one attached hydrogen (secondary N) is 2. The van der Waals surface area contributed by atoms with Crippen LogP contribution in [-0.4, -0.2) is 57.4 Å². The highest BCUT2D eigenvalue weighted by atomic mass is 16.6. The number of likely N-dealkylation sites (tertiary alicyclic amines) is 1. The summed E-state index contributed by atoms with van der Waals surface area (Å²) >= 11 is 0. The van der Waals surface area contributed by atoms with Crippen molar-refractivity contribution in [3.63, 3.8) is 0 Å². The summed E-state index contributed by atoms with van der Waals surface area (Å²) in [5, 5.41) is 10.0. The third kappa shape index (κ3) is 3.84. The van der Waals surface area contributed by atoms with E-state index in [0.717, 1.165) is 11.4 Å². The summed E-state index contributed by atoms with van der Waals surface area (Å²) < 4.78 is 6.95. The van der Waals surface area contributed by atoms with Crippen molar-refractivity contribution < 1.29 is 14.3 Å². The van der Waals surface area contributed by atoms with E-state index in [1.54, 1.807) is 17.9 Å². The summed E-state index contributed by atoms with van der Waals surface area (Å²) in [6.45, 7) is 3.33. The van der Waals surface area contributed by atoms with Gasteiger partial charge in [-0.15, -0.1) is 0 Å². The van der Waals surface area contributed by atoms with Crippen molar-refractivity contribution in [3.8, 4) is 11.4 Å². The molecule has 0 aromatic carbocycles. The minimum atomic E-state index is -0.284. The largest absolute Gasteiger partial charge is 0.450 e. The maximum atomic E-state index is 12.4. The molecule has 0 atom stereocenters. The van der Waals surface area contributed by atoms with Gasteiger partial charge < -0.3 is 19.5 Å². The minimum absolute atomic E-state index is 0.0416. The van der Waals surface area contributed by atoms with Crippen LogP contribution in [0.25, 0.3) is 11.4 Å². The lowest BCUT2D eigenvalue weighted by molar-refractivity contribution is 0.0856. The van der Waals surface area contributed by atoms with Gasteiger partial charge in [0, 0.05) is 32.4 Å². The zero-order chi connectivity index (χ0) is 17.8. The second kappa shape index (κ2) is 7.42. The van der Waals surface area contributed by atoms with Gasteiger partial charge in [0.05, 0.1) is 12.3 Å². The van der Waals surface area contributed by atoms with Crippen molar-refractivity contribution in [1.82, 2.24) is 25.0 Å². The first-order valence-electron chi connectivity index (χ1n) is 8.48. The van der Waals surface area contributed by atoms with E-state index in [4.69, 9.17) is 4.74 Å². The van der Waals surface area contributed by atoms with Crippen LogP contribution in [0.5, 0.6) is 0 Å². The molecule has 3 rings (SSSR count). The van der Waals surface area contributed by atoms with E-state index >= 15 is 0 Å². The maximum absolute atomic E-state index is 12.4. The second-order valence-corrected chi connectivity index (χ2v) is 6.10. The van der Waals surface area contributed by atoms with E-state index in [0.29, 0.717) is 38.2 Å². The standard InChI is InChI=1S/C17H23N5O3/c1-3-25-17(24)22-9-6-12(7-10-22)18-16(23)14-11-13(19-20-14)15-5-4-8-21(15)2/h4-5,8,11-12H,3,6-7,9-10H2,1-2H3,(H,18,23)(H,19,20). The molecule has 0 aliphatic carbocycles. The molecule has 0 unspecified atom stereocenters. The third-order valence-corrected chi connectivity index (χ3v) is 4.38. The van der Waals surface area contributed by atoms with Crippen LogP contribution in [0.1, 0.15) is 30.3 Å². The molecule has 8 nitrogen and oxygen atoms in total. The molecule has 2 aromatic heterocycles. The molecule has 2 N–H and O–H groups in total. The van der Waals surface area contributed by atoms with Crippen LogP contribution in [0.4, 0.5) is 4.79 Å². The van der Waals surface area contributed by atoms with Gasteiger partial charge in [0.1, 0.15) is 11.4 Å². The van der Waals surface area contributed by atoms with Gasteiger partial charge in [0.15, 0.2) is 0 Å². The molecule has 0 spiro atoms. The highest BCUT2D eigenvalue weighted by molar-refractivity contribution is 5.93. The number of hydrogen-bond acceptors (Lipinski definition) is 4. The summed E-state index contributed by atoms with van der Waals surface area (Å²) in [7, 11) is 1.93. The molecule has 0 saturated carbocycles. The number of nitrogens with zero attached hydrogens (tertiary/aromatic N) is 3. The highest BCUT2D eigenvalue weighted by Crippen LogP contribution is 2.18. The fourth-order valence-electron chi connectivity index (χ4n) is 2.98. The van der Waals surface area contributed by atoms with Crippen molar-refractivity contribution in [3.05, 3.63) is 30.1 Å². The number of aromatic amines is 1. The lowest BCUT2D eigenvalue weighted by Crippen LogP contribution is -2.46. The summed E-state index contributed by atoms with van der Waals surface area (Å²) in [6, 6.07) is 5.67. The Balaban J connectivity index is 1.54. The van der Waals surface area contributed by atoms with E-state index in [-0.39, 0.29) is 18.0 Å². The molecule has 1 saturated heterocycles. The van der Waals surface area contributed by atoms with E-state index in [9.17, 15) is 9.59 Å². The number of H-pyrrole nitrogens is 1. The number of hydrogen-bond donors (Lipinski definition) is 2. The Labute approximate surface area is 146 Å². The third-order valence-electron chi connectivity index (χ3n) is 4.38. The molecule has 8 heteroatoms. The molecule has 0 bridgehead atoms. The predicted molar refractivity (Wildman–Crippen MR) is 92.1 cm³/mol. The SMILES string of the molecule is CCOC(=O)N1CCC(NC(=O)c2cc(-c3cccn3C)n[nH]2)CC1. The van der Waals surface area contributed by atoms with E-state index in [2.05, 4.69) is 15.5 Å². The highest BCUT2D eigenvalue weighted by Gasteiger charge is 2.25. The average Bonchev–Trinajstić information content (AvgIpc) is 3.24. The summed E-state index contributed by atoms with van der Waals surface area (Å²) in [5.41, 5.74) is 2.11. The van der Waals surface area contributed by atoms with Crippen LogP contribution in [-0.2, 0) is 11.8 Å². The van der Waals surface area contributed by atoms with Gasteiger partial charge in [-0.05, 0) is 38.0 Å². The molecule has 134 valence electrons. The maximum Gasteiger partial charge on any atom is 0.409 e. The number of rotatable bonds is 4. The molecule has 3 heterocycles. The normalized spacial score (nSPS) is 15.2. The van der Waals surface area contributed by atoms with Gasteiger partial charge >= 0.3 is 6.09 Å². The number of aryl methyl sites for hydroxylation is 1. The number of amides is 2. The van der Waals surface area contributed by atoms with Gasteiger partial charge in [-0.1, -0.05) is 0 Å². The fraction of sp³-hybridized carbons (Fsp3) is 0.471. The van der Waals surface area contributed by atoms with Crippen LogP contribution >= 0.6 is 0 Å². The summed E-state index contributed by atoms with van der Waals surface area (Å²) in [4.78, 5) is 25.8. The van der Waals surface area contributed by atoms with Crippen LogP contribution in [0.3, 0.4) is 0 Å². The zero-order valence-electron chi connectivity index (χ0n) is 14.5. The lowest BCUT2D eigenvalue weighted by Gasteiger charge is -2.31. The van der Waals surface area contributed by atoms with Gasteiger partial charge in [0.25, 0.3) is 5.91 Å². The summed E-state index contributed by atoms with van der Waals surface area (Å²) in [6.07, 6.45) is 3.07. The van der Waals surface area contributed by atoms with Gasteiger partial charge in [-0.3, -0.25) is 9.89 Å². The van der Waals surface area contributed by atoms with Gasteiger partial charge in [0.2, 0.25) is 0 Å². The second-order valence-electron chi connectivity index (χ2n) is 6.10. The van der Waals surface area contributed by atoms with Crippen LogP contribution in [0, 0.1) is 0 Å². The van der Waals surface area contributed by atoms with Crippen molar-refractivity contribution in [2.24, 2.45) is 7.05 Å². The molecule has 1 aliphatic heterocycles. The number of carbonyl (C=O) groups excluding carboxylic acids is 2. The number of piperidine rings is 1. The fourth-order valence-corrected chi connectivity index (χ4v) is 2.98. The molecular formula is C17H23N5O3. The first kappa shape index (κ1) is 17.1. The Bertz CT molecular complexity index is 743. The van der Waals surface area contributed by atoms with Crippen molar-refractivity contribution in [1.29, 1.82) is 0 Å². The number of carbonyl (C=O) groups is 2. The predicted octanol–water partition coefficient (Wildman–Crippen LogP) is 1.77. The van der Waals surface area contributed by atoms with Gasteiger partial charge in [-0.2, -0.15) is 5.10 Å². The van der Waals surface area contributed by atoms with Crippen LogP contribution in [0.2, 0.25) is 0 Å². The number of aromatic nitrogens is 3. The molecular weight excluding hydrogens is 322 g/mol. The monoisotopic (exact) mass is 345 g/mol. The van der Waals surface area contributed by atoms with Gasteiger partial charge in [-0.25, -0.2) is 4.79 Å². The molecule has 1 aliphatic rings. The Hall–Kier alpha value is -2.77. The van der Waals surface area contributed by atoms with Crippen LogP contribution < -0.4 is 5.32 Å². The molecule has 0 radical (unpaired) electrons. The molecule has 2 amide bonds. The average molecular weight is 345 g/mol. The Kier molecular flexibility index (Phi) is 5.06. The first-order valence-corrected chi connectivity index (χ1v) is 8.48. The Morgan fingerprint density at radius 2 is 2.16 bits per heavy atom. The quantitative estimate of drug-likeness (QED) is 0.883. The van der Waals surface area contributed by atoms with E-state index < -0.39 is 0 Å². The topological polar surface area (TPSA) is 92.2 Å². The lowest BCUT2D eigenvalue weighted by atomic mass is 10.1. The van der Waals surface area contributed by atoms with Crippen molar-refractivity contribution in [2.75, 3.05) is 19.7 Å². The molecule has 1 fully saturated rings.